The maximum atomic E-state index is 12.2. The fourth-order valence-electron chi connectivity index (χ4n) is 3.30. The molecule has 5 nitrogen and oxygen atoms in total. The Hall–Kier alpha value is -2.69. The molecular weight excluding hydrogens is 316 g/mol. The van der Waals surface area contributed by atoms with Gasteiger partial charge in [-0.2, -0.15) is 0 Å². The van der Waals surface area contributed by atoms with Crippen LogP contribution in [0.15, 0.2) is 30.3 Å². The Morgan fingerprint density at radius 2 is 1.84 bits per heavy atom. The molecule has 1 aromatic carbocycles. The second-order valence-corrected chi connectivity index (χ2v) is 5.94. The molecule has 0 spiro atoms. The van der Waals surface area contributed by atoms with E-state index >= 15 is 0 Å². The first-order chi connectivity index (χ1) is 12.1. The van der Waals surface area contributed by atoms with Crippen LogP contribution < -0.4 is 9.47 Å². The number of rotatable bonds is 6. The predicted molar refractivity (Wildman–Crippen MR) is 99.0 cm³/mol. The lowest BCUT2D eigenvalue weighted by Gasteiger charge is -2.15. The van der Waals surface area contributed by atoms with Crippen molar-refractivity contribution in [3.8, 4) is 22.8 Å². The van der Waals surface area contributed by atoms with Crippen LogP contribution in [0.4, 0.5) is 0 Å². The Labute approximate surface area is 148 Å². The average Bonchev–Trinajstić information content (AvgIpc) is 3.18. The maximum Gasteiger partial charge on any atom is 0.246 e. The SMILES string of the molecule is CCN(CC)C(=O)/C=C/c1ccc2n1Cc1cc(OC)c(OC)cc1-2. The summed E-state index contributed by atoms with van der Waals surface area (Å²) in [6, 6.07) is 8.16. The molecule has 1 aliphatic heterocycles. The van der Waals surface area contributed by atoms with Crippen LogP contribution >= 0.6 is 0 Å². The molecule has 0 fully saturated rings. The van der Waals surface area contributed by atoms with Crippen molar-refractivity contribution in [1.82, 2.24) is 9.47 Å². The van der Waals surface area contributed by atoms with Crippen LogP contribution in [0.5, 0.6) is 11.5 Å². The maximum absolute atomic E-state index is 12.2. The number of nitrogens with zero attached hydrogens (tertiary/aromatic N) is 2. The molecule has 25 heavy (non-hydrogen) atoms. The van der Waals surface area contributed by atoms with Gasteiger partial charge in [0.25, 0.3) is 0 Å². The van der Waals surface area contributed by atoms with Crippen molar-refractivity contribution in [2.45, 2.75) is 20.4 Å². The van der Waals surface area contributed by atoms with Gasteiger partial charge in [-0.05, 0) is 49.8 Å². The summed E-state index contributed by atoms with van der Waals surface area (Å²) < 4.78 is 13.0. The number of benzene rings is 1. The van der Waals surface area contributed by atoms with E-state index < -0.39 is 0 Å². The minimum Gasteiger partial charge on any atom is -0.493 e. The highest BCUT2D eigenvalue weighted by Gasteiger charge is 2.23. The molecule has 1 aromatic heterocycles. The Balaban J connectivity index is 1.90. The molecule has 0 aliphatic carbocycles. The summed E-state index contributed by atoms with van der Waals surface area (Å²) >= 11 is 0. The van der Waals surface area contributed by atoms with Gasteiger partial charge in [-0.15, -0.1) is 0 Å². The standard InChI is InChI=1S/C20H24N2O3/c1-5-21(6-2)20(23)10-8-15-7-9-17-16-12-19(25-4)18(24-3)11-14(16)13-22(15)17/h7-12H,5-6,13H2,1-4H3/b10-8+. The molecular formula is C20H24N2O3. The van der Waals surface area contributed by atoms with Crippen molar-refractivity contribution >= 4 is 12.0 Å². The van der Waals surface area contributed by atoms with Crippen molar-refractivity contribution in [2.75, 3.05) is 27.3 Å². The van der Waals surface area contributed by atoms with Crippen LogP contribution in [0.3, 0.4) is 0 Å². The van der Waals surface area contributed by atoms with Gasteiger partial charge in [0.15, 0.2) is 11.5 Å². The van der Waals surface area contributed by atoms with Crippen molar-refractivity contribution in [3.63, 3.8) is 0 Å². The zero-order valence-corrected chi connectivity index (χ0v) is 15.2. The Morgan fingerprint density at radius 1 is 1.16 bits per heavy atom. The molecule has 5 heteroatoms. The number of methoxy groups -OCH3 is 2. The minimum atomic E-state index is 0.0411. The van der Waals surface area contributed by atoms with E-state index in [1.165, 1.54) is 5.56 Å². The number of likely N-dealkylation sites (N-methyl/N-ethyl adjacent to an activating group) is 1. The van der Waals surface area contributed by atoms with Crippen LogP contribution in [0.2, 0.25) is 0 Å². The highest BCUT2D eigenvalue weighted by molar-refractivity contribution is 5.91. The number of amides is 1. The molecule has 0 N–H and O–H groups in total. The van der Waals surface area contributed by atoms with E-state index in [0.717, 1.165) is 48.1 Å². The zero-order valence-electron chi connectivity index (χ0n) is 15.2. The van der Waals surface area contributed by atoms with Gasteiger partial charge in [0, 0.05) is 42.7 Å². The van der Waals surface area contributed by atoms with E-state index in [0.29, 0.717) is 0 Å². The molecule has 0 radical (unpaired) electrons. The van der Waals surface area contributed by atoms with E-state index in [1.54, 1.807) is 25.2 Å². The molecule has 0 saturated carbocycles. The molecule has 0 atom stereocenters. The lowest BCUT2D eigenvalue weighted by Crippen LogP contribution is -2.28. The normalized spacial score (nSPS) is 12.2. The summed E-state index contributed by atoms with van der Waals surface area (Å²) in [4.78, 5) is 14.0. The van der Waals surface area contributed by atoms with Crippen LogP contribution in [-0.4, -0.2) is 42.7 Å². The van der Waals surface area contributed by atoms with Gasteiger partial charge in [0.2, 0.25) is 5.91 Å². The average molecular weight is 340 g/mol. The van der Waals surface area contributed by atoms with Gasteiger partial charge in [-0.3, -0.25) is 4.79 Å². The number of carbonyl (C=O) groups excluding carboxylic acids is 1. The topological polar surface area (TPSA) is 43.7 Å². The monoisotopic (exact) mass is 340 g/mol. The molecule has 132 valence electrons. The first kappa shape index (κ1) is 17.1. The van der Waals surface area contributed by atoms with Gasteiger partial charge in [-0.25, -0.2) is 0 Å². The lowest BCUT2D eigenvalue weighted by molar-refractivity contribution is -0.125. The van der Waals surface area contributed by atoms with E-state index in [2.05, 4.69) is 10.6 Å². The fourth-order valence-corrected chi connectivity index (χ4v) is 3.30. The Morgan fingerprint density at radius 3 is 2.48 bits per heavy atom. The summed E-state index contributed by atoms with van der Waals surface area (Å²) in [6.45, 7) is 6.17. The number of carbonyl (C=O) groups is 1. The van der Waals surface area contributed by atoms with Crippen molar-refractivity contribution in [3.05, 3.63) is 41.6 Å². The number of hydrogen-bond acceptors (Lipinski definition) is 3. The summed E-state index contributed by atoms with van der Waals surface area (Å²) in [7, 11) is 3.29. The molecule has 0 unspecified atom stereocenters. The van der Waals surface area contributed by atoms with Gasteiger partial charge < -0.3 is 18.9 Å². The second-order valence-electron chi connectivity index (χ2n) is 5.94. The highest BCUT2D eigenvalue weighted by Crippen LogP contribution is 2.41. The Kier molecular flexibility index (Phi) is 4.83. The fraction of sp³-hybridized carbons (Fsp3) is 0.350. The van der Waals surface area contributed by atoms with Crippen molar-refractivity contribution in [1.29, 1.82) is 0 Å². The lowest BCUT2D eigenvalue weighted by atomic mass is 10.1. The third-order valence-corrected chi connectivity index (χ3v) is 4.70. The van der Waals surface area contributed by atoms with Crippen LogP contribution in [0.25, 0.3) is 17.3 Å². The van der Waals surface area contributed by atoms with Crippen LogP contribution in [0, 0.1) is 0 Å². The largest absolute Gasteiger partial charge is 0.493 e. The minimum absolute atomic E-state index is 0.0411. The Bertz CT molecular complexity index is 817. The number of fused-ring (bicyclic) bond motifs is 3. The molecule has 2 heterocycles. The predicted octanol–water partition coefficient (Wildman–Crippen LogP) is 3.42. The highest BCUT2D eigenvalue weighted by atomic mass is 16.5. The van der Waals surface area contributed by atoms with Crippen molar-refractivity contribution in [2.24, 2.45) is 0 Å². The van der Waals surface area contributed by atoms with E-state index in [1.807, 2.05) is 38.1 Å². The summed E-state index contributed by atoms with van der Waals surface area (Å²) in [5, 5.41) is 0. The third-order valence-electron chi connectivity index (χ3n) is 4.70. The van der Waals surface area contributed by atoms with E-state index in [-0.39, 0.29) is 5.91 Å². The van der Waals surface area contributed by atoms with E-state index in [9.17, 15) is 4.79 Å². The molecule has 1 aliphatic rings. The van der Waals surface area contributed by atoms with Gasteiger partial charge in [-0.1, -0.05) is 0 Å². The van der Waals surface area contributed by atoms with Gasteiger partial charge in [0.05, 0.1) is 14.2 Å². The molecule has 2 aromatic rings. The second kappa shape index (κ2) is 7.05. The number of hydrogen-bond donors (Lipinski definition) is 0. The van der Waals surface area contributed by atoms with Gasteiger partial charge in [0.1, 0.15) is 0 Å². The molecule has 3 rings (SSSR count). The third kappa shape index (κ3) is 3.02. The van der Waals surface area contributed by atoms with Crippen molar-refractivity contribution < 1.29 is 14.3 Å². The summed E-state index contributed by atoms with van der Waals surface area (Å²) in [6.07, 6.45) is 3.55. The number of ether oxygens (including phenoxy) is 2. The van der Waals surface area contributed by atoms with Crippen LogP contribution in [0.1, 0.15) is 25.1 Å². The first-order valence-corrected chi connectivity index (χ1v) is 8.54. The smallest absolute Gasteiger partial charge is 0.246 e. The summed E-state index contributed by atoms with van der Waals surface area (Å²) in [5.41, 5.74) is 4.49. The quantitative estimate of drug-likeness (QED) is 0.646. The van der Waals surface area contributed by atoms with Gasteiger partial charge >= 0.3 is 0 Å². The molecule has 0 saturated heterocycles. The van der Waals surface area contributed by atoms with Crippen LogP contribution in [-0.2, 0) is 11.3 Å². The van der Waals surface area contributed by atoms with E-state index in [4.69, 9.17) is 9.47 Å². The molecule has 0 bridgehead atoms. The first-order valence-electron chi connectivity index (χ1n) is 8.54. The number of aromatic nitrogens is 1. The zero-order chi connectivity index (χ0) is 18.0. The summed E-state index contributed by atoms with van der Waals surface area (Å²) in [5.74, 6) is 1.50. The molecule has 1 amide bonds.